The highest BCUT2D eigenvalue weighted by Crippen LogP contribution is 2.38. The molecular formula is C21H22N2O5. The SMILES string of the molecule is NC(=O)c1ccccc1OCC(=O)N1CCCC1c1ccc2c(c1)OCCO2. The van der Waals surface area contributed by atoms with Crippen molar-refractivity contribution in [2.24, 2.45) is 5.73 Å². The average molecular weight is 382 g/mol. The first-order chi connectivity index (χ1) is 13.6. The van der Waals surface area contributed by atoms with Crippen molar-refractivity contribution in [3.63, 3.8) is 0 Å². The lowest BCUT2D eigenvalue weighted by atomic mass is 10.0. The highest BCUT2D eigenvalue weighted by molar-refractivity contribution is 5.95. The molecule has 0 radical (unpaired) electrons. The molecule has 2 heterocycles. The Morgan fingerprint density at radius 1 is 1.11 bits per heavy atom. The summed E-state index contributed by atoms with van der Waals surface area (Å²) in [5.41, 5.74) is 6.65. The van der Waals surface area contributed by atoms with Crippen molar-refractivity contribution in [2.75, 3.05) is 26.4 Å². The molecule has 2 aliphatic heterocycles. The average Bonchev–Trinajstić information content (AvgIpc) is 3.22. The summed E-state index contributed by atoms with van der Waals surface area (Å²) in [6, 6.07) is 12.4. The molecule has 4 rings (SSSR count). The van der Waals surface area contributed by atoms with Crippen molar-refractivity contribution in [1.29, 1.82) is 0 Å². The van der Waals surface area contributed by atoms with Crippen LogP contribution >= 0.6 is 0 Å². The molecule has 2 aromatic rings. The Labute approximate surface area is 163 Å². The Hall–Kier alpha value is -3.22. The third-order valence-corrected chi connectivity index (χ3v) is 5.03. The fourth-order valence-electron chi connectivity index (χ4n) is 3.70. The first-order valence-corrected chi connectivity index (χ1v) is 9.34. The van der Waals surface area contributed by atoms with E-state index in [1.165, 1.54) is 0 Å². The smallest absolute Gasteiger partial charge is 0.261 e. The number of primary amides is 1. The van der Waals surface area contributed by atoms with Crippen molar-refractivity contribution in [3.05, 3.63) is 53.6 Å². The van der Waals surface area contributed by atoms with Gasteiger partial charge in [0.15, 0.2) is 18.1 Å². The van der Waals surface area contributed by atoms with Crippen LogP contribution in [0.5, 0.6) is 17.2 Å². The molecule has 1 fully saturated rings. The Kier molecular flexibility index (Phi) is 5.06. The van der Waals surface area contributed by atoms with Gasteiger partial charge in [0.25, 0.3) is 11.8 Å². The van der Waals surface area contributed by atoms with Crippen LogP contribution in [0, 0.1) is 0 Å². The van der Waals surface area contributed by atoms with Gasteiger partial charge in [0, 0.05) is 6.54 Å². The number of carbonyl (C=O) groups is 2. The second kappa shape index (κ2) is 7.80. The van der Waals surface area contributed by atoms with Crippen LogP contribution in [0.1, 0.15) is 34.8 Å². The van der Waals surface area contributed by atoms with Crippen LogP contribution in [0.2, 0.25) is 0 Å². The normalized spacial score (nSPS) is 18.0. The van der Waals surface area contributed by atoms with E-state index in [9.17, 15) is 9.59 Å². The first kappa shape index (κ1) is 18.2. The number of rotatable bonds is 5. The summed E-state index contributed by atoms with van der Waals surface area (Å²) in [6.07, 6.45) is 1.80. The third-order valence-electron chi connectivity index (χ3n) is 5.03. The fraction of sp³-hybridized carbons (Fsp3) is 0.333. The Morgan fingerprint density at radius 3 is 2.71 bits per heavy atom. The van der Waals surface area contributed by atoms with E-state index in [0.29, 0.717) is 25.5 Å². The zero-order valence-electron chi connectivity index (χ0n) is 15.4. The van der Waals surface area contributed by atoms with Gasteiger partial charge in [0.1, 0.15) is 19.0 Å². The molecule has 1 atom stereocenters. The number of nitrogens with two attached hydrogens (primary N) is 1. The molecule has 1 saturated heterocycles. The summed E-state index contributed by atoms with van der Waals surface area (Å²) >= 11 is 0. The van der Waals surface area contributed by atoms with E-state index < -0.39 is 5.91 Å². The molecule has 0 saturated carbocycles. The van der Waals surface area contributed by atoms with Gasteiger partial charge in [-0.3, -0.25) is 9.59 Å². The second-order valence-corrected chi connectivity index (χ2v) is 6.80. The molecule has 1 unspecified atom stereocenters. The molecule has 2 aliphatic rings. The topological polar surface area (TPSA) is 91.1 Å². The van der Waals surface area contributed by atoms with Crippen molar-refractivity contribution in [3.8, 4) is 17.2 Å². The number of likely N-dealkylation sites (tertiary alicyclic amines) is 1. The van der Waals surface area contributed by atoms with Crippen LogP contribution in [0.3, 0.4) is 0 Å². The van der Waals surface area contributed by atoms with Gasteiger partial charge in [-0.1, -0.05) is 18.2 Å². The summed E-state index contributed by atoms with van der Waals surface area (Å²) in [7, 11) is 0. The second-order valence-electron chi connectivity index (χ2n) is 6.80. The standard InChI is InChI=1S/C21H22N2O5/c22-21(25)15-4-1-2-6-17(15)28-13-20(24)23-9-3-5-16(23)14-7-8-18-19(12-14)27-11-10-26-18/h1-2,4,6-8,12,16H,3,5,9-11,13H2,(H2,22,25). The summed E-state index contributed by atoms with van der Waals surface area (Å²) in [5.74, 6) is 1.06. The van der Waals surface area contributed by atoms with Gasteiger partial charge in [0.05, 0.1) is 11.6 Å². The number of amides is 2. The van der Waals surface area contributed by atoms with E-state index in [-0.39, 0.29) is 24.1 Å². The molecule has 0 bridgehead atoms. The molecule has 146 valence electrons. The van der Waals surface area contributed by atoms with Gasteiger partial charge in [0.2, 0.25) is 0 Å². The van der Waals surface area contributed by atoms with Crippen LogP contribution in [0.25, 0.3) is 0 Å². The van der Waals surface area contributed by atoms with Gasteiger partial charge in [-0.2, -0.15) is 0 Å². The highest BCUT2D eigenvalue weighted by atomic mass is 16.6. The molecular weight excluding hydrogens is 360 g/mol. The molecule has 2 amide bonds. The van der Waals surface area contributed by atoms with Crippen molar-refractivity contribution in [1.82, 2.24) is 4.90 Å². The number of fused-ring (bicyclic) bond motifs is 1. The Bertz CT molecular complexity index is 898. The van der Waals surface area contributed by atoms with Crippen LogP contribution in [0.4, 0.5) is 0 Å². The number of nitrogens with zero attached hydrogens (tertiary/aromatic N) is 1. The Balaban J connectivity index is 1.46. The van der Waals surface area contributed by atoms with Crippen LogP contribution in [-0.2, 0) is 4.79 Å². The van der Waals surface area contributed by atoms with E-state index in [1.54, 1.807) is 24.3 Å². The van der Waals surface area contributed by atoms with Crippen molar-refractivity contribution >= 4 is 11.8 Å². The van der Waals surface area contributed by atoms with E-state index in [2.05, 4.69) is 0 Å². The largest absolute Gasteiger partial charge is 0.486 e. The molecule has 0 aliphatic carbocycles. The first-order valence-electron chi connectivity index (χ1n) is 9.34. The monoisotopic (exact) mass is 382 g/mol. The van der Waals surface area contributed by atoms with Crippen LogP contribution < -0.4 is 19.9 Å². The van der Waals surface area contributed by atoms with Crippen molar-refractivity contribution in [2.45, 2.75) is 18.9 Å². The lowest BCUT2D eigenvalue weighted by Gasteiger charge is -2.27. The maximum atomic E-state index is 12.8. The number of carbonyl (C=O) groups excluding carboxylic acids is 2. The molecule has 2 aromatic carbocycles. The van der Waals surface area contributed by atoms with Crippen LogP contribution in [-0.4, -0.2) is 43.1 Å². The minimum atomic E-state index is -0.585. The molecule has 7 nitrogen and oxygen atoms in total. The van der Waals surface area contributed by atoms with Gasteiger partial charge in [-0.25, -0.2) is 0 Å². The van der Waals surface area contributed by atoms with Gasteiger partial charge >= 0.3 is 0 Å². The zero-order valence-corrected chi connectivity index (χ0v) is 15.4. The van der Waals surface area contributed by atoms with E-state index >= 15 is 0 Å². The number of benzene rings is 2. The van der Waals surface area contributed by atoms with E-state index in [4.69, 9.17) is 19.9 Å². The number of hydrogen-bond acceptors (Lipinski definition) is 5. The molecule has 0 aromatic heterocycles. The highest BCUT2D eigenvalue weighted by Gasteiger charge is 2.31. The molecule has 0 spiro atoms. The minimum absolute atomic E-state index is 0.0293. The lowest BCUT2D eigenvalue weighted by molar-refractivity contribution is -0.134. The molecule has 28 heavy (non-hydrogen) atoms. The van der Waals surface area contributed by atoms with Gasteiger partial charge in [-0.15, -0.1) is 0 Å². The van der Waals surface area contributed by atoms with Crippen LogP contribution in [0.15, 0.2) is 42.5 Å². The minimum Gasteiger partial charge on any atom is -0.486 e. The predicted octanol–water partition coefficient (Wildman–Crippen LogP) is 2.30. The third kappa shape index (κ3) is 3.60. The lowest BCUT2D eigenvalue weighted by Crippen LogP contribution is -2.34. The maximum absolute atomic E-state index is 12.8. The van der Waals surface area contributed by atoms with Crippen molar-refractivity contribution < 1.29 is 23.8 Å². The Morgan fingerprint density at radius 2 is 1.89 bits per heavy atom. The summed E-state index contributed by atoms with van der Waals surface area (Å²) < 4.78 is 16.8. The summed E-state index contributed by atoms with van der Waals surface area (Å²) in [6.45, 7) is 1.59. The maximum Gasteiger partial charge on any atom is 0.261 e. The molecule has 2 N–H and O–H groups in total. The summed E-state index contributed by atoms with van der Waals surface area (Å²) in [5, 5.41) is 0. The van der Waals surface area contributed by atoms with E-state index in [1.807, 2.05) is 23.1 Å². The quantitative estimate of drug-likeness (QED) is 0.857. The van der Waals surface area contributed by atoms with E-state index in [0.717, 1.165) is 29.9 Å². The number of ether oxygens (including phenoxy) is 3. The summed E-state index contributed by atoms with van der Waals surface area (Å²) in [4.78, 5) is 26.1. The molecule has 7 heteroatoms. The number of para-hydroxylation sites is 1. The zero-order chi connectivity index (χ0) is 19.5. The number of hydrogen-bond donors (Lipinski definition) is 1. The van der Waals surface area contributed by atoms with Gasteiger partial charge < -0.3 is 24.8 Å². The predicted molar refractivity (Wildman–Crippen MR) is 102 cm³/mol. The van der Waals surface area contributed by atoms with Gasteiger partial charge in [-0.05, 0) is 42.7 Å². The fourth-order valence-corrected chi connectivity index (χ4v) is 3.70.